The van der Waals surface area contributed by atoms with Crippen molar-refractivity contribution >= 4 is 46.3 Å². The summed E-state index contributed by atoms with van der Waals surface area (Å²) in [5, 5.41) is 9.88. The van der Waals surface area contributed by atoms with E-state index in [0.29, 0.717) is 13.1 Å². The van der Waals surface area contributed by atoms with Gasteiger partial charge >= 0.3 is 12.2 Å². The second kappa shape index (κ2) is 19.1. The van der Waals surface area contributed by atoms with Crippen molar-refractivity contribution in [2.45, 2.75) is 97.0 Å². The van der Waals surface area contributed by atoms with Crippen LogP contribution in [0.1, 0.15) is 84.2 Å². The van der Waals surface area contributed by atoms with Gasteiger partial charge in [0.2, 0.25) is 17.6 Å². The number of amidine groups is 1. The fraction of sp³-hybridized carbons (Fsp3) is 0.400. The number of aromatic nitrogens is 2. The number of quaternary nitrogens is 1. The fourth-order valence-electron chi connectivity index (χ4n) is 9.31. The highest BCUT2D eigenvalue weighted by atomic mass is 16.6. The summed E-state index contributed by atoms with van der Waals surface area (Å²) in [7, 11) is 1.29. The highest BCUT2D eigenvalue weighted by Crippen LogP contribution is 2.34. The SMILES string of the molecule is COC(=O)N[C@H](C(=O)N1CCC[C@H]1c1ncc(-c2ccc3cc(-c4ccc(C5=CN=C([C@@H]6CCCN6C(=O)[C@H](NC(=O)OC(C)C)C6=CC=CCC6C)[NH2+]5)cc4)ccc3c2)[nH]1)C(C)C. The van der Waals surface area contributed by atoms with Crippen molar-refractivity contribution in [2.24, 2.45) is 16.8 Å². The van der Waals surface area contributed by atoms with Gasteiger partial charge in [0.15, 0.2) is 5.70 Å². The number of H-pyrrole nitrogens is 1. The summed E-state index contributed by atoms with van der Waals surface area (Å²) >= 11 is 0. The molecular formula is C50H59N8O6+. The molecule has 5 N–H and O–H groups in total. The number of imidazole rings is 1. The lowest BCUT2D eigenvalue weighted by Gasteiger charge is -2.32. The molecule has 0 spiro atoms. The Morgan fingerprint density at radius 3 is 2.16 bits per heavy atom. The first-order valence-corrected chi connectivity index (χ1v) is 22.5. The Morgan fingerprint density at radius 1 is 0.812 bits per heavy atom. The molecule has 1 aromatic heterocycles. The van der Waals surface area contributed by atoms with Crippen molar-refractivity contribution in [3.05, 3.63) is 108 Å². The van der Waals surface area contributed by atoms with Crippen LogP contribution in [-0.4, -0.2) is 94.0 Å². The number of fused-ring (bicyclic) bond motifs is 1. The molecule has 4 aromatic rings. The number of likely N-dealkylation sites (tertiary alicyclic amines) is 2. The minimum absolute atomic E-state index is 0.107. The van der Waals surface area contributed by atoms with Crippen molar-refractivity contribution < 1.29 is 34.0 Å². The van der Waals surface area contributed by atoms with E-state index in [-0.39, 0.29) is 41.8 Å². The standard InChI is InChI=1S/C50H58N8O6/c1-29(2)43(55-49(61)63-6)47(59)57-23-9-13-41(57)46-52-28-40(54-46)37-22-21-35-25-34(19-20-36(35)26-37)32-15-17-33(18-16-32)39-27-51-45(53-39)42-14-10-24-58(42)48(60)44(56-50(62)64-30(3)4)38-12-8-7-11-31(38)5/h7-8,12,15-22,25-31,41-44H,9-11,13-14,23-24H2,1-6H3,(H,51,53)(H,52,54)(H,55,61)(H,56,62)/p+1/t31?,41-,42-,43-,44+/m0/s1. The second-order valence-corrected chi connectivity index (χ2v) is 17.8. The number of amides is 4. The number of nitrogens with one attached hydrogen (secondary N) is 3. The number of allylic oxidation sites excluding steroid dienone is 3. The number of ether oxygens (including phenoxy) is 2. The van der Waals surface area contributed by atoms with Crippen LogP contribution in [0, 0.1) is 11.8 Å². The lowest BCUT2D eigenvalue weighted by Crippen LogP contribution is -2.87. The third kappa shape index (κ3) is 9.37. The van der Waals surface area contributed by atoms with Crippen molar-refractivity contribution in [1.29, 1.82) is 0 Å². The third-order valence-electron chi connectivity index (χ3n) is 12.7. The van der Waals surface area contributed by atoms with E-state index >= 15 is 0 Å². The number of alkyl carbamates (subject to hydrolysis) is 2. The fourth-order valence-corrected chi connectivity index (χ4v) is 9.31. The van der Waals surface area contributed by atoms with Crippen LogP contribution in [-0.2, 0) is 19.1 Å². The van der Waals surface area contributed by atoms with E-state index in [4.69, 9.17) is 19.5 Å². The zero-order valence-electron chi connectivity index (χ0n) is 37.5. The van der Waals surface area contributed by atoms with Gasteiger partial charge in [-0.1, -0.05) is 75.4 Å². The van der Waals surface area contributed by atoms with E-state index in [0.717, 1.165) is 93.8 Å². The zero-order valence-corrected chi connectivity index (χ0v) is 37.5. The smallest absolute Gasteiger partial charge is 0.408 e. The summed E-state index contributed by atoms with van der Waals surface area (Å²) < 4.78 is 10.2. The predicted molar refractivity (Wildman–Crippen MR) is 246 cm³/mol. The molecule has 0 bridgehead atoms. The summed E-state index contributed by atoms with van der Waals surface area (Å²) in [5.41, 5.74) is 6.96. The quantitative estimate of drug-likeness (QED) is 0.116. The molecule has 14 heteroatoms. The predicted octanol–water partition coefficient (Wildman–Crippen LogP) is 7.23. The number of carbonyl (C=O) groups is 4. The Labute approximate surface area is 374 Å². The molecule has 334 valence electrons. The molecular weight excluding hydrogens is 809 g/mol. The van der Waals surface area contributed by atoms with Crippen LogP contribution in [0.4, 0.5) is 9.59 Å². The average Bonchev–Trinajstić information content (AvgIpc) is 4.14. The number of hydrogen-bond donors (Lipinski definition) is 4. The number of carbonyl (C=O) groups excluding carboxylic acids is 4. The van der Waals surface area contributed by atoms with E-state index in [1.807, 2.05) is 48.2 Å². The zero-order chi connectivity index (χ0) is 45.1. The molecule has 3 aliphatic heterocycles. The maximum absolute atomic E-state index is 14.3. The molecule has 4 amide bonds. The van der Waals surface area contributed by atoms with E-state index in [1.165, 1.54) is 7.11 Å². The second-order valence-electron chi connectivity index (χ2n) is 17.8. The molecule has 5 atom stereocenters. The number of aromatic amines is 1. The van der Waals surface area contributed by atoms with Crippen LogP contribution in [0.5, 0.6) is 0 Å². The normalized spacial score (nSPS) is 20.6. The molecule has 4 heterocycles. The summed E-state index contributed by atoms with van der Waals surface area (Å²) in [6.07, 6.45) is 12.2. The number of methoxy groups -OCH3 is 1. The molecule has 2 fully saturated rings. The van der Waals surface area contributed by atoms with Gasteiger partial charge in [0.05, 0.1) is 37.3 Å². The van der Waals surface area contributed by atoms with Crippen LogP contribution in [0.2, 0.25) is 0 Å². The average molecular weight is 868 g/mol. The minimum atomic E-state index is -0.813. The van der Waals surface area contributed by atoms with Crippen molar-refractivity contribution in [3.8, 4) is 22.4 Å². The summed E-state index contributed by atoms with van der Waals surface area (Å²) in [4.78, 5) is 69.4. The monoisotopic (exact) mass is 867 g/mol. The van der Waals surface area contributed by atoms with Gasteiger partial charge in [-0.2, -0.15) is 0 Å². The highest BCUT2D eigenvalue weighted by molar-refractivity contribution is 5.95. The van der Waals surface area contributed by atoms with Crippen LogP contribution in [0.3, 0.4) is 0 Å². The number of aliphatic imine (C=N–C) groups is 1. The molecule has 8 rings (SSSR count). The van der Waals surface area contributed by atoms with Crippen LogP contribution >= 0.6 is 0 Å². The van der Waals surface area contributed by atoms with E-state index < -0.39 is 24.3 Å². The highest BCUT2D eigenvalue weighted by Gasteiger charge is 2.42. The largest absolute Gasteiger partial charge is 0.453 e. The first-order chi connectivity index (χ1) is 30.9. The summed E-state index contributed by atoms with van der Waals surface area (Å²) in [6, 6.07) is 19.4. The molecule has 1 aliphatic carbocycles. The van der Waals surface area contributed by atoms with Gasteiger partial charge in [-0.15, -0.1) is 0 Å². The molecule has 2 saturated heterocycles. The molecule has 4 aliphatic rings. The first-order valence-electron chi connectivity index (χ1n) is 22.5. The summed E-state index contributed by atoms with van der Waals surface area (Å²) in [6.45, 7) is 10.7. The Kier molecular flexibility index (Phi) is 13.1. The van der Waals surface area contributed by atoms with Gasteiger partial charge in [-0.05, 0) is 110 Å². The van der Waals surface area contributed by atoms with Crippen LogP contribution in [0.15, 0.2) is 102 Å². The minimum Gasteiger partial charge on any atom is -0.453 e. The van der Waals surface area contributed by atoms with Gasteiger partial charge in [0.25, 0.3) is 0 Å². The molecule has 3 aromatic carbocycles. The van der Waals surface area contributed by atoms with E-state index in [1.54, 1.807) is 13.8 Å². The van der Waals surface area contributed by atoms with Crippen molar-refractivity contribution in [1.82, 2.24) is 30.4 Å². The Bertz CT molecular complexity index is 2540. The van der Waals surface area contributed by atoms with Gasteiger partial charge in [0, 0.05) is 24.2 Å². The molecule has 14 nitrogen and oxygen atoms in total. The maximum Gasteiger partial charge on any atom is 0.408 e. The number of hydrogen-bond acceptors (Lipinski definition) is 8. The third-order valence-corrected chi connectivity index (χ3v) is 12.7. The lowest BCUT2D eigenvalue weighted by atomic mass is 9.87. The lowest BCUT2D eigenvalue weighted by molar-refractivity contribution is -0.435. The van der Waals surface area contributed by atoms with Gasteiger partial charge in [0.1, 0.15) is 23.9 Å². The Morgan fingerprint density at radius 2 is 1.47 bits per heavy atom. The van der Waals surface area contributed by atoms with Crippen LogP contribution < -0.4 is 16.0 Å². The first kappa shape index (κ1) is 44.1. The van der Waals surface area contributed by atoms with E-state index in [2.05, 4.69) is 94.6 Å². The molecule has 0 saturated carbocycles. The number of nitrogens with zero attached hydrogens (tertiary/aromatic N) is 4. The van der Waals surface area contributed by atoms with Gasteiger partial charge in [-0.25, -0.2) is 19.6 Å². The topological polar surface area (TPSA) is 175 Å². The molecule has 1 unspecified atom stereocenters. The maximum atomic E-state index is 14.3. The van der Waals surface area contributed by atoms with E-state index in [9.17, 15) is 19.2 Å². The number of rotatable bonds is 12. The van der Waals surface area contributed by atoms with Crippen LogP contribution in [0.25, 0.3) is 38.9 Å². The van der Waals surface area contributed by atoms with Crippen molar-refractivity contribution in [2.75, 3.05) is 20.2 Å². The van der Waals surface area contributed by atoms with Gasteiger partial charge < -0.3 is 34.9 Å². The number of nitrogens with two attached hydrogens (primary N) is 1. The molecule has 0 radical (unpaired) electrons. The Balaban J connectivity index is 0.912. The van der Waals surface area contributed by atoms with Gasteiger partial charge in [-0.3, -0.25) is 14.9 Å². The molecule has 64 heavy (non-hydrogen) atoms. The van der Waals surface area contributed by atoms with Crippen molar-refractivity contribution in [3.63, 3.8) is 0 Å². The Hall–Kier alpha value is -6.54. The summed E-state index contributed by atoms with van der Waals surface area (Å²) in [5.74, 6) is 1.30. The number of benzene rings is 3.